The molecule has 3 aromatic rings. The molecule has 0 aliphatic carbocycles. The van der Waals surface area contributed by atoms with Gasteiger partial charge in [-0.25, -0.2) is 14.4 Å². The second-order valence-electron chi connectivity index (χ2n) is 10.2. The van der Waals surface area contributed by atoms with Crippen molar-refractivity contribution in [3.63, 3.8) is 0 Å². The number of nitrogens with one attached hydrogen (secondary N) is 1. The van der Waals surface area contributed by atoms with Crippen LogP contribution in [0.3, 0.4) is 0 Å². The van der Waals surface area contributed by atoms with Crippen molar-refractivity contribution < 1.29 is 19.0 Å². The third-order valence-corrected chi connectivity index (χ3v) is 7.44. The van der Waals surface area contributed by atoms with Crippen LogP contribution < -0.4 is 5.32 Å². The zero-order valence-corrected chi connectivity index (χ0v) is 22.1. The quantitative estimate of drug-likeness (QED) is 0.486. The fourth-order valence-corrected chi connectivity index (χ4v) is 5.38. The number of morpholine rings is 1. The van der Waals surface area contributed by atoms with Gasteiger partial charge in [0.05, 0.1) is 48.9 Å². The molecule has 0 bridgehead atoms. The van der Waals surface area contributed by atoms with Gasteiger partial charge < -0.3 is 19.9 Å². The molecular formula is C27H33ClFN5O3. The highest BCUT2D eigenvalue weighted by atomic mass is 35.5. The maximum absolute atomic E-state index is 15.4. The number of hydrogen-bond donors (Lipinski definition) is 2. The first kappa shape index (κ1) is 26.2. The molecule has 0 spiro atoms. The highest BCUT2D eigenvalue weighted by molar-refractivity contribution is 6.33. The molecule has 5 rings (SSSR count). The van der Waals surface area contributed by atoms with E-state index >= 15 is 4.39 Å². The number of pyridine rings is 1. The molecule has 37 heavy (non-hydrogen) atoms. The minimum Gasteiger partial charge on any atom is -0.389 e. The maximum Gasteiger partial charge on any atom is 0.223 e. The van der Waals surface area contributed by atoms with Crippen LogP contribution in [0.25, 0.3) is 22.2 Å². The van der Waals surface area contributed by atoms with Crippen molar-refractivity contribution in [3.05, 3.63) is 46.5 Å². The van der Waals surface area contributed by atoms with Gasteiger partial charge in [-0.3, -0.25) is 9.88 Å². The Morgan fingerprint density at radius 3 is 2.76 bits per heavy atom. The zero-order chi connectivity index (χ0) is 26.1. The number of aliphatic hydroxyl groups excluding tert-OH is 1. The first-order valence-corrected chi connectivity index (χ1v) is 13.2. The van der Waals surface area contributed by atoms with Crippen molar-refractivity contribution >= 4 is 28.5 Å². The molecule has 1 aromatic carbocycles. The summed E-state index contributed by atoms with van der Waals surface area (Å²) in [6, 6.07) is 3.41. The molecule has 2 aliphatic rings. The average molecular weight is 530 g/mol. The van der Waals surface area contributed by atoms with Crippen LogP contribution in [0.1, 0.15) is 44.2 Å². The van der Waals surface area contributed by atoms with E-state index in [-0.39, 0.29) is 18.6 Å². The van der Waals surface area contributed by atoms with Crippen molar-refractivity contribution in [2.24, 2.45) is 0 Å². The topological polar surface area (TPSA) is 92.6 Å². The number of aromatic nitrogens is 3. The Labute approximate surface area is 221 Å². The predicted molar refractivity (Wildman–Crippen MR) is 141 cm³/mol. The van der Waals surface area contributed by atoms with Crippen LogP contribution in [0, 0.1) is 5.82 Å². The van der Waals surface area contributed by atoms with E-state index in [1.54, 1.807) is 0 Å². The summed E-state index contributed by atoms with van der Waals surface area (Å²) < 4.78 is 26.3. The molecular weight excluding hydrogens is 497 g/mol. The number of ether oxygens (including phenoxy) is 2. The highest BCUT2D eigenvalue weighted by Gasteiger charge is 2.26. The van der Waals surface area contributed by atoms with E-state index in [9.17, 15) is 5.11 Å². The van der Waals surface area contributed by atoms with E-state index in [2.05, 4.69) is 45.9 Å². The molecule has 8 nitrogen and oxygen atoms in total. The lowest BCUT2D eigenvalue weighted by atomic mass is 9.92. The molecule has 198 valence electrons. The standard InChI is InChI=1S/C27H33ClFN5O3/c1-15(2)24-18(12-34-5-7-37-13-16(34)3)10-30-26-19(24)8-17(9-21(26)29)25-20(28)11-31-27(33-25)32-22-4-6-36-14-23(22)35/h8-11,15-16,22-23,35H,4-7,12-14H2,1-3H3,(H,31,32,33)/t16-,22-,23-/m1/s1. The molecule has 10 heteroatoms. The average Bonchev–Trinajstić information content (AvgIpc) is 2.87. The molecule has 2 saturated heterocycles. The summed E-state index contributed by atoms with van der Waals surface area (Å²) in [6.45, 7) is 10.2. The number of benzene rings is 1. The SMILES string of the molecule is CC(C)c1c(CN2CCOC[C@H]2C)cnc2c(F)cc(-c3nc(N[C@@H]4CCOC[C@H]4O)ncc3Cl)cc12. The van der Waals surface area contributed by atoms with Crippen LogP contribution in [0.5, 0.6) is 0 Å². The minimum absolute atomic E-state index is 0.152. The van der Waals surface area contributed by atoms with Gasteiger partial charge in [-0.2, -0.15) is 0 Å². The second kappa shape index (κ2) is 11.1. The van der Waals surface area contributed by atoms with Crippen LogP contribution in [0.2, 0.25) is 5.02 Å². The van der Waals surface area contributed by atoms with Crippen molar-refractivity contribution in [1.29, 1.82) is 0 Å². The summed E-state index contributed by atoms with van der Waals surface area (Å²) in [5.41, 5.74) is 3.45. The van der Waals surface area contributed by atoms with Crippen LogP contribution in [0.4, 0.5) is 10.3 Å². The third kappa shape index (κ3) is 5.56. The lowest BCUT2D eigenvalue weighted by molar-refractivity contribution is -0.0136. The minimum atomic E-state index is -0.665. The molecule has 2 aromatic heterocycles. The molecule has 4 heterocycles. The van der Waals surface area contributed by atoms with Crippen molar-refractivity contribution in [1.82, 2.24) is 19.9 Å². The monoisotopic (exact) mass is 529 g/mol. The molecule has 0 radical (unpaired) electrons. The van der Waals surface area contributed by atoms with Gasteiger partial charge >= 0.3 is 0 Å². The Bertz CT molecular complexity index is 1280. The van der Waals surface area contributed by atoms with Gasteiger partial charge in [0.25, 0.3) is 0 Å². The summed E-state index contributed by atoms with van der Waals surface area (Å²) >= 11 is 6.51. The molecule has 2 aliphatic heterocycles. The number of nitrogens with zero attached hydrogens (tertiary/aromatic N) is 4. The molecule has 2 fully saturated rings. The maximum atomic E-state index is 15.4. The van der Waals surface area contributed by atoms with E-state index < -0.39 is 11.9 Å². The number of aliphatic hydroxyl groups is 1. The second-order valence-corrected chi connectivity index (χ2v) is 10.6. The molecule has 2 N–H and O–H groups in total. The van der Waals surface area contributed by atoms with Gasteiger partial charge in [0.15, 0.2) is 0 Å². The van der Waals surface area contributed by atoms with Crippen LogP contribution in [-0.2, 0) is 16.0 Å². The van der Waals surface area contributed by atoms with Gasteiger partial charge in [-0.1, -0.05) is 25.4 Å². The summed E-state index contributed by atoms with van der Waals surface area (Å²) in [6.07, 6.45) is 3.27. The number of fused-ring (bicyclic) bond motifs is 1. The molecule has 0 saturated carbocycles. The number of rotatable bonds is 6. The van der Waals surface area contributed by atoms with Crippen LogP contribution >= 0.6 is 11.6 Å². The Morgan fingerprint density at radius 1 is 1.19 bits per heavy atom. The summed E-state index contributed by atoms with van der Waals surface area (Å²) in [7, 11) is 0. The van der Waals surface area contributed by atoms with E-state index in [0.717, 1.165) is 29.6 Å². The first-order chi connectivity index (χ1) is 17.8. The first-order valence-electron chi connectivity index (χ1n) is 12.8. The van der Waals surface area contributed by atoms with E-state index in [0.29, 0.717) is 60.0 Å². The van der Waals surface area contributed by atoms with Gasteiger partial charge in [0, 0.05) is 42.9 Å². The lowest BCUT2D eigenvalue weighted by Gasteiger charge is -2.34. The smallest absolute Gasteiger partial charge is 0.223 e. The van der Waals surface area contributed by atoms with Crippen molar-refractivity contribution in [2.75, 3.05) is 38.3 Å². The van der Waals surface area contributed by atoms with Gasteiger partial charge in [0.1, 0.15) is 11.3 Å². The summed E-state index contributed by atoms with van der Waals surface area (Å²) in [5.74, 6) is 0.0486. The summed E-state index contributed by atoms with van der Waals surface area (Å²) in [4.78, 5) is 15.8. The molecule has 3 atom stereocenters. The van der Waals surface area contributed by atoms with Gasteiger partial charge in [-0.05, 0) is 42.5 Å². The Kier molecular flexibility index (Phi) is 7.88. The van der Waals surface area contributed by atoms with E-state index in [1.807, 2.05) is 12.3 Å². The van der Waals surface area contributed by atoms with E-state index in [1.165, 1.54) is 12.3 Å². The fourth-order valence-electron chi connectivity index (χ4n) is 5.18. The lowest BCUT2D eigenvalue weighted by Crippen LogP contribution is -2.43. The fraction of sp³-hybridized carbons (Fsp3) is 0.519. The Hall–Kier alpha value is -2.43. The van der Waals surface area contributed by atoms with Gasteiger partial charge in [-0.15, -0.1) is 0 Å². The van der Waals surface area contributed by atoms with Gasteiger partial charge in [0.2, 0.25) is 5.95 Å². The molecule has 0 amide bonds. The molecule has 0 unspecified atom stereocenters. The summed E-state index contributed by atoms with van der Waals surface area (Å²) in [5, 5.41) is 14.5. The van der Waals surface area contributed by atoms with Crippen LogP contribution in [0.15, 0.2) is 24.5 Å². The largest absolute Gasteiger partial charge is 0.389 e. The third-order valence-electron chi connectivity index (χ3n) is 7.16. The number of halogens is 2. The van der Waals surface area contributed by atoms with Crippen molar-refractivity contribution in [2.45, 2.75) is 57.8 Å². The van der Waals surface area contributed by atoms with Crippen LogP contribution in [-0.4, -0.2) is 76.1 Å². The highest BCUT2D eigenvalue weighted by Crippen LogP contribution is 2.35. The Balaban J connectivity index is 1.54. The Morgan fingerprint density at radius 2 is 2.00 bits per heavy atom. The predicted octanol–water partition coefficient (Wildman–Crippen LogP) is 4.39. The normalized spacial score (nSPS) is 23.1. The number of hydrogen-bond acceptors (Lipinski definition) is 8. The number of anilines is 1. The van der Waals surface area contributed by atoms with E-state index in [4.69, 9.17) is 21.1 Å². The van der Waals surface area contributed by atoms with Crippen molar-refractivity contribution in [3.8, 4) is 11.3 Å². The zero-order valence-electron chi connectivity index (χ0n) is 21.4.